The fraction of sp³-hybridized carbons (Fsp3) is 0. The first-order chi connectivity index (χ1) is 12.0. The minimum atomic E-state index is -3.76. The second-order valence-corrected chi connectivity index (χ2v) is 6.85. The van der Waals surface area contributed by atoms with Crippen LogP contribution in [-0.4, -0.2) is 34.9 Å². The van der Waals surface area contributed by atoms with Crippen LogP contribution in [0.15, 0.2) is 70.5 Å². The van der Waals surface area contributed by atoms with Crippen LogP contribution < -0.4 is 5.32 Å². The van der Waals surface area contributed by atoms with Gasteiger partial charge in [0.2, 0.25) is 0 Å². The molecule has 0 spiro atoms. The van der Waals surface area contributed by atoms with Gasteiger partial charge < -0.3 is 5.32 Å². The van der Waals surface area contributed by atoms with E-state index in [1.54, 1.807) is 59.7 Å². The standard InChI is InChI=1S/C16H11N5O3S/c22-16(11-5-7-12(8-6-11)21-9-17-18-10-21)19-15-13-3-1-2-4-14(13)25(23,24)20-15/h1-10H,(H,19,20,22). The Morgan fingerprint density at radius 2 is 1.64 bits per heavy atom. The Hall–Kier alpha value is -3.33. The van der Waals surface area contributed by atoms with Gasteiger partial charge in [-0.05, 0) is 36.4 Å². The SMILES string of the molecule is O=C(NC1=NS(=O)(=O)c2ccccc21)c1ccc(-n2cnnc2)cc1. The molecule has 1 aliphatic heterocycles. The normalized spacial score (nSPS) is 14.6. The topological polar surface area (TPSA) is 106 Å². The Bertz CT molecular complexity index is 1090. The summed E-state index contributed by atoms with van der Waals surface area (Å²) in [5.74, 6) is -0.413. The number of hydrogen-bond acceptors (Lipinski definition) is 5. The highest BCUT2D eigenvalue weighted by Gasteiger charge is 2.29. The van der Waals surface area contributed by atoms with Crippen LogP contribution in [0, 0.1) is 0 Å². The molecule has 2 heterocycles. The molecule has 9 heteroatoms. The van der Waals surface area contributed by atoms with E-state index in [2.05, 4.69) is 19.9 Å². The molecular weight excluding hydrogens is 342 g/mol. The summed E-state index contributed by atoms with van der Waals surface area (Å²) in [5.41, 5.74) is 1.56. The monoisotopic (exact) mass is 353 g/mol. The zero-order valence-corrected chi connectivity index (χ0v) is 13.5. The molecule has 2 aromatic carbocycles. The summed E-state index contributed by atoms with van der Waals surface area (Å²) in [6.07, 6.45) is 3.09. The number of nitrogens with one attached hydrogen (secondary N) is 1. The van der Waals surface area contributed by atoms with Crippen LogP contribution in [0.25, 0.3) is 5.69 Å². The molecule has 0 unspecified atom stereocenters. The van der Waals surface area contributed by atoms with E-state index < -0.39 is 15.9 Å². The Morgan fingerprint density at radius 3 is 2.36 bits per heavy atom. The summed E-state index contributed by atoms with van der Waals surface area (Å²) in [7, 11) is -3.76. The van der Waals surface area contributed by atoms with Crippen molar-refractivity contribution in [3.63, 3.8) is 0 Å². The summed E-state index contributed by atoms with van der Waals surface area (Å²) in [5, 5.41) is 10.0. The van der Waals surface area contributed by atoms with Crippen molar-refractivity contribution in [1.82, 2.24) is 20.1 Å². The van der Waals surface area contributed by atoms with E-state index in [9.17, 15) is 13.2 Å². The van der Waals surface area contributed by atoms with Gasteiger partial charge in [0, 0.05) is 16.8 Å². The first-order valence-electron chi connectivity index (χ1n) is 7.25. The number of amides is 1. The van der Waals surface area contributed by atoms with Gasteiger partial charge in [0.1, 0.15) is 17.6 Å². The van der Waals surface area contributed by atoms with Crippen molar-refractivity contribution in [3.8, 4) is 5.69 Å². The largest absolute Gasteiger partial charge is 0.305 e. The molecule has 3 aromatic rings. The van der Waals surface area contributed by atoms with Crippen LogP contribution in [-0.2, 0) is 10.0 Å². The van der Waals surface area contributed by atoms with Gasteiger partial charge in [0.15, 0.2) is 5.84 Å². The maximum atomic E-state index is 12.4. The van der Waals surface area contributed by atoms with Crippen LogP contribution in [0.2, 0.25) is 0 Å². The summed E-state index contributed by atoms with van der Waals surface area (Å²) < 4.78 is 29.4. The molecule has 0 fully saturated rings. The predicted octanol–water partition coefficient (Wildman–Crippen LogP) is 1.15. The summed E-state index contributed by atoms with van der Waals surface area (Å²) in [4.78, 5) is 12.5. The second kappa shape index (κ2) is 5.64. The van der Waals surface area contributed by atoms with E-state index in [-0.39, 0.29) is 10.7 Å². The van der Waals surface area contributed by atoms with Crippen LogP contribution in [0.4, 0.5) is 0 Å². The number of carbonyl (C=O) groups excluding carboxylic acids is 1. The molecule has 1 amide bonds. The average molecular weight is 353 g/mol. The minimum Gasteiger partial charge on any atom is -0.305 e. The molecule has 25 heavy (non-hydrogen) atoms. The van der Waals surface area contributed by atoms with E-state index >= 15 is 0 Å². The first kappa shape index (κ1) is 15.2. The van der Waals surface area contributed by atoms with Crippen LogP contribution in [0.3, 0.4) is 0 Å². The quantitative estimate of drug-likeness (QED) is 0.744. The molecule has 0 aliphatic carbocycles. The van der Waals surface area contributed by atoms with Gasteiger partial charge in [0.05, 0.1) is 0 Å². The number of benzene rings is 2. The number of amidine groups is 1. The van der Waals surface area contributed by atoms with Crippen LogP contribution in [0.5, 0.6) is 0 Å². The Kier molecular flexibility index (Phi) is 3.43. The average Bonchev–Trinajstić information content (AvgIpc) is 3.23. The summed E-state index contributed by atoms with van der Waals surface area (Å²) in [6, 6.07) is 13.1. The second-order valence-electron chi connectivity index (χ2n) is 5.28. The van der Waals surface area contributed by atoms with Crippen LogP contribution >= 0.6 is 0 Å². The molecule has 1 aromatic heterocycles. The smallest absolute Gasteiger partial charge is 0.285 e. The van der Waals surface area contributed by atoms with Gasteiger partial charge in [-0.2, -0.15) is 8.42 Å². The highest BCUT2D eigenvalue weighted by molar-refractivity contribution is 7.90. The fourth-order valence-electron chi connectivity index (χ4n) is 2.49. The zero-order valence-electron chi connectivity index (χ0n) is 12.7. The van der Waals surface area contributed by atoms with E-state index in [0.717, 1.165) is 5.69 Å². The van der Waals surface area contributed by atoms with Crippen molar-refractivity contribution < 1.29 is 13.2 Å². The van der Waals surface area contributed by atoms with Crippen molar-refractivity contribution >= 4 is 21.8 Å². The fourth-order valence-corrected chi connectivity index (χ4v) is 3.67. The van der Waals surface area contributed by atoms with Crippen LogP contribution in [0.1, 0.15) is 15.9 Å². The Balaban J connectivity index is 1.59. The highest BCUT2D eigenvalue weighted by Crippen LogP contribution is 2.25. The maximum absolute atomic E-state index is 12.4. The van der Waals surface area contributed by atoms with E-state index in [0.29, 0.717) is 11.1 Å². The van der Waals surface area contributed by atoms with Gasteiger partial charge in [-0.1, -0.05) is 12.1 Å². The lowest BCUT2D eigenvalue weighted by Gasteiger charge is -2.06. The molecule has 4 rings (SSSR count). The number of fused-ring (bicyclic) bond motifs is 1. The molecule has 8 nitrogen and oxygen atoms in total. The van der Waals surface area contributed by atoms with E-state index in [1.165, 1.54) is 6.07 Å². The third kappa shape index (κ3) is 2.70. The molecule has 124 valence electrons. The third-order valence-corrected chi connectivity index (χ3v) is 5.04. The number of sulfonamides is 1. The number of rotatable bonds is 2. The Labute approximate surface area is 142 Å². The number of hydrogen-bond donors (Lipinski definition) is 1. The predicted molar refractivity (Wildman–Crippen MR) is 89.0 cm³/mol. The lowest BCUT2D eigenvalue weighted by Crippen LogP contribution is -2.30. The van der Waals surface area contributed by atoms with E-state index in [1.807, 2.05) is 0 Å². The van der Waals surface area contributed by atoms with Gasteiger partial charge in [-0.15, -0.1) is 14.6 Å². The number of nitrogens with zero attached hydrogens (tertiary/aromatic N) is 4. The number of aromatic nitrogens is 3. The molecule has 1 N–H and O–H groups in total. The van der Waals surface area contributed by atoms with Gasteiger partial charge in [-0.25, -0.2) is 0 Å². The summed E-state index contributed by atoms with van der Waals surface area (Å²) >= 11 is 0. The van der Waals surface area contributed by atoms with Gasteiger partial charge in [0.25, 0.3) is 15.9 Å². The molecule has 0 saturated carbocycles. The summed E-state index contributed by atoms with van der Waals surface area (Å²) in [6.45, 7) is 0. The lowest BCUT2D eigenvalue weighted by molar-refractivity contribution is 0.0977. The molecule has 0 bridgehead atoms. The highest BCUT2D eigenvalue weighted by atomic mass is 32.2. The van der Waals surface area contributed by atoms with Crippen molar-refractivity contribution in [3.05, 3.63) is 72.3 Å². The third-order valence-electron chi connectivity index (χ3n) is 3.71. The maximum Gasteiger partial charge on any atom is 0.285 e. The number of carbonyl (C=O) groups is 1. The van der Waals surface area contributed by atoms with Crippen molar-refractivity contribution in [2.75, 3.05) is 0 Å². The van der Waals surface area contributed by atoms with E-state index in [4.69, 9.17) is 0 Å². The Morgan fingerprint density at radius 1 is 0.960 bits per heavy atom. The minimum absolute atomic E-state index is 0.0310. The molecule has 1 aliphatic rings. The zero-order chi connectivity index (χ0) is 17.4. The molecular formula is C16H11N5O3S. The molecule has 0 atom stereocenters. The van der Waals surface area contributed by atoms with Gasteiger partial charge >= 0.3 is 0 Å². The molecule has 0 saturated heterocycles. The first-order valence-corrected chi connectivity index (χ1v) is 8.69. The van der Waals surface area contributed by atoms with Crippen molar-refractivity contribution in [2.45, 2.75) is 4.90 Å². The van der Waals surface area contributed by atoms with Gasteiger partial charge in [-0.3, -0.25) is 9.36 Å². The lowest BCUT2D eigenvalue weighted by atomic mass is 10.1. The molecule has 0 radical (unpaired) electrons. The van der Waals surface area contributed by atoms with Crippen molar-refractivity contribution in [2.24, 2.45) is 4.40 Å². The van der Waals surface area contributed by atoms with Crippen molar-refractivity contribution in [1.29, 1.82) is 0 Å².